The summed E-state index contributed by atoms with van der Waals surface area (Å²) in [7, 11) is 2.01. The number of nitriles is 1. The molecule has 94 valence electrons. The van der Waals surface area contributed by atoms with Crippen molar-refractivity contribution in [1.82, 2.24) is 9.78 Å². The van der Waals surface area contributed by atoms with Gasteiger partial charge in [-0.15, -0.1) is 0 Å². The molecule has 0 bridgehead atoms. The van der Waals surface area contributed by atoms with E-state index in [-0.39, 0.29) is 0 Å². The Morgan fingerprint density at radius 1 is 1.32 bits per heavy atom. The van der Waals surface area contributed by atoms with Gasteiger partial charge in [0.1, 0.15) is 11.9 Å². The van der Waals surface area contributed by atoms with E-state index in [9.17, 15) is 0 Å². The number of hydrogen-bond acceptors (Lipinski definition) is 3. The van der Waals surface area contributed by atoms with Crippen LogP contribution in [0.15, 0.2) is 30.3 Å². The Balaban J connectivity index is 2.08. The van der Waals surface area contributed by atoms with Crippen molar-refractivity contribution in [3.63, 3.8) is 0 Å². The van der Waals surface area contributed by atoms with Crippen molar-refractivity contribution >= 4 is 17.6 Å². The molecule has 3 rings (SSSR count). The highest BCUT2D eigenvalue weighted by Gasteiger charge is 2.18. The minimum atomic E-state index is 0.448. The van der Waals surface area contributed by atoms with Crippen molar-refractivity contribution in [1.29, 1.82) is 5.26 Å². The molecule has 0 atom stereocenters. The molecule has 1 aromatic heterocycles. The predicted molar refractivity (Wildman–Crippen MR) is 75.6 cm³/mol. The lowest BCUT2D eigenvalue weighted by molar-refractivity contribution is 0.855. The zero-order chi connectivity index (χ0) is 13.4. The molecule has 0 N–H and O–H groups in total. The van der Waals surface area contributed by atoms with Crippen molar-refractivity contribution in [3.8, 4) is 6.07 Å². The molecule has 1 aromatic carbocycles. The second-order valence-corrected chi connectivity index (χ2v) is 4.82. The molecule has 0 radical (unpaired) electrons. The van der Waals surface area contributed by atoms with Crippen LogP contribution in [0.3, 0.4) is 0 Å². The zero-order valence-corrected chi connectivity index (χ0v) is 11.0. The molecule has 0 fully saturated rings. The van der Waals surface area contributed by atoms with Gasteiger partial charge in [0, 0.05) is 25.9 Å². The van der Waals surface area contributed by atoms with Crippen LogP contribution in [-0.4, -0.2) is 23.4 Å². The van der Waals surface area contributed by atoms with Gasteiger partial charge in [0.15, 0.2) is 5.69 Å². The number of aromatic nitrogens is 2. The Labute approximate surface area is 112 Å². The molecular formula is C15H14N4. The van der Waals surface area contributed by atoms with E-state index in [0.29, 0.717) is 5.69 Å². The average Bonchev–Trinajstić information content (AvgIpc) is 2.82. The maximum Gasteiger partial charge on any atom is 0.165 e. The molecule has 2 aromatic rings. The summed E-state index contributed by atoms with van der Waals surface area (Å²) in [6.45, 7) is 2.91. The predicted octanol–water partition coefficient (Wildman–Crippen LogP) is 2.51. The number of nitrogens with zero attached hydrogens (tertiary/aromatic N) is 4. The first-order valence-corrected chi connectivity index (χ1v) is 6.16. The zero-order valence-electron chi connectivity index (χ0n) is 11.0. The maximum absolute atomic E-state index is 8.93. The van der Waals surface area contributed by atoms with Gasteiger partial charge in [0.05, 0.1) is 0 Å². The molecule has 0 spiro atoms. The highest BCUT2D eigenvalue weighted by molar-refractivity contribution is 5.82. The van der Waals surface area contributed by atoms with Crippen LogP contribution in [0, 0.1) is 18.3 Å². The second kappa shape index (κ2) is 4.29. The summed E-state index contributed by atoms with van der Waals surface area (Å²) in [5.41, 5.74) is 4.09. The smallest absolute Gasteiger partial charge is 0.165 e. The third kappa shape index (κ3) is 2.00. The molecule has 0 aliphatic carbocycles. The molecule has 19 heavy (non-hydrogen) atoms. The molecule has 2 heterocycles. The normalized spacial score (nSPS) is 13.7. The van der Waals surface area contributed by atoms with Crippen LogP contribution in [0.25, 0.3) is 11.8 Å². The summed E-state index contributed by atoms with van der Waals surface area (Å²) in [4.78, 5) is 2.10. The highest BCUT2D eigenvalue weighted by Crippen LogP contribution is 2.27. The number of likely N-dealkylation sites (N-methyl/N-ethyl adjacent to an activating group) is 1. The minimum Gasteiger partial charge on any atom is -0.355 e. The van der Waals surface area contributed by atoms with Gasteiger partial charge in [-0.3, -0.25) is 0 Å². The Hall–Kier alpha value is -2.54. The van der Waals surface area contributed by atoms with Crippen molar-refractivity contribution < 1.29 is 0 Å². The number of anilines is 1. The van der Waals surface area contributed by atoms with E-state index in [0.717, 1.165) is 12.4 Å². The van der Waals surface area contributed by atoms with E-state index in [2.05, 4.69) is 47.3 Å². The van der Waals surface area contributed by atoms with Gasteiger partial charge < -0.3 is 4.90 Å². The average molecular weight is 250 g/mol. The Bertz CT molecular complexity index is 703. The van der Waals surface area contributed by atoms with Gasteiger partial charge in [-0.1, -0.05) is 29.8 Å². The molecule has 1 aliphatic rings. The van der Waals surface area contributed by atoms with E-state index in [1.165, 1.54) is 16.7 Å². The van der Waals surface area contributed by atoms with Gasteiger partial charge in [-0.05, 0) is 18.1 Å². The number of rotatable bonds is 1. The number of benzene rings is 1. The van der Waals surface area contributed by atoms with Crippen LogP contribution in [0.5, 0.6) is 0 Å². The minimum absolute atomic E-state index is 0.448. The van der Waals surface area contributed by atoms with Crippen LogP contribution in [0.4, 0.5) is 5.82 Å². The summed E-state index contributed by atoms with van der Waals surface area (Å²) in [6.07, 6.45) is 2.00. The van der Waals surface area contributed by atoms with Gasteiger partial charge in [0.2, 0.25) is 0 Å². The summed E-state index contributed by atoms with van der Waals surface area (Å²) in [6, 6.07) is 12.3. The third-order valence-corrected chi connectivity index (χ3v) is 3.30. The fourth-order valence-electron chi connectivity index (χ4n) is 2.35. The van der Waals surface area contributed by atoms with Crippen molar-refractivity contribution in [2.24, 2.45) is 0 Å². The fraction of sp³-hybridized carbons (Fsp3) is 0.200. The van der Waals surface area contributed by atoms with Crippen LogP contribution in [-0.2, 0) is 0 Å². The fourth-order valence-corrected chi connectivity index (χ4v) is 2.35. The number of aryl methyl sites for hydroxylation is 1. The van der Waals surface area contributed by atoms with Crippen LogP contribution >= 0.6 is 0 Å². The molecule has 4 nitrogen and oxygen atoms in total. The molecule has 0 saturated heterocycles. The van der Waals surface area contributed by atoms with E-state index >= 15 is 0 Å². The summed E-state index contributed by atoms with van der Waals surface area (Å²) in [5.74, 6) is 0.952. The first-order chi connectivity index (χ1) is 9.17. The lowest BCUT2D eigenvalue weighted by Crippen LogP contribution is -2.25. The van der Waals surface area contributed by atoms with Crippen molar-refractivity contribution in [2.75, 3.05) is 18.5 Å². The SMILES string of the molecule is Cc1cccc(C2=Cn3nc(C#N)cc3N(C)C2)c1. The Morgan fingerprint density at radius 3 is 2.89 bits per heavy atom. The van der Waals surface area contributed by atoms with E-state index in [4.69, 9.17) is 5.26 Å². The summed E-state index contributed by atoms with van der Waals surface area (Å²) >= 11 is 0. The summed E-state index contributed by atoms with van der Waals surface area (Å²) < 4.78 is 1.78. The van der Waals surface area contributed by atoms with E-state index < -0.39 is 0 Å². The molecule has 0 saturated carbocycles. The third-order valence-electron chi connectivity index (χ3n) is 3.30. The van der Waals surface area contributed by atoms with Gasteiger partial charge in [-0.25, -0.2) is 4.68 Å². The summed E-state index contributed by atoms with van der Waals surface area (Å²) in [5, 5.41) is 13.2. The van der Waals surface area contributed by atoms with Gasteiger partial charge in [0.25, 0.3) is 0 Å². The van der Waals surface area contributed by atoms with Crippen molar-refractivity contribution in [2.45, 2.75) is 6.92 Å². The molecule has 4 heteroatoms. The largest absolute Gasteiger partial charge is 0.355 e. The van der Waals surface area contributed by atoms with E-state index in [1.807, 2.05) is 19.3 Å². The van der Waals surface area contributed by atoms with Gasteiger partial charge >= 0.3 is 0 Å². The van der Waals surface area contributed by atoms with Crippen molar-refractivity contribution in [3.05, 3.63) is 47.2 Å². The standard InChI is InChI=1S/C15H14N4/c1-11-4-3-5-12(6-11)13-9-18(2)15-7-14(8-16)17-19(15)10-13/h3-7,10H,9H2,1-2H3. The number of hydrogen-bond donors (Lipinski definition) is 0. The molecule has 0 unspecified atom stereocenters. The quantitative estimate of drug-likeness (QED) is 0.781. The monoisotopic (exact) mass is 250 g/mol. The first kappa shape index (κ1) is 11.5. The van der Waals surface area contributed by atoms with Crippen LogP contribution < -0.4 is 4.90 Å². The van der Waals surface area contributed by atoms with Crippen LogP contribution in [0.1, 0.15) is 16.8 Å². The Morgan fingerprint density at radius 2 is 2.16 bits per heavy atom. The first-order valence-electron chi connectivity index (χ1n) is 6.16. The lowest BCUT2D eigenvalue weighted by Gasteiger charge is -2.25. The molecule has 1 aliphatic heterocycles. The topological polar surface area (TPSA) is 44.9 Å². The highest BCUT2D eigenvalue weighted by atomic mass is 15.4. The molecule has 0 amide bonds. The number of fused-ring (bicyclic) bond motifs is 1. The molecular weight excluding hydrogens is 236 g/mol. The van der Waals surface area contributed by atoms with Gasteiger partial charge in [-0.2, -0.15) is 10.4 Å². The second-order valence-electron chi connectivity index (χ2n) is 4.82. The Kier molecular flexibility index (Phi) is 2.60. The van der Waals surface area contributed by atoms with Crippen LogP contribution in [0.2, 0.25) is 0 Å². The van der Waals surface area contributed by atoms with E-state index in [1.54, 1.807) is 4.68 Å². The maximum atomic E-state index is 8.93. The lowest BCUT2D eigenvalue weighted by atomic mass is 10.0.